The normalized spacial score (nSPS) is 33.5. The summed E-state index contributed by atoms with van der Waals surface area (Å²) in [6.45, 7) is 2.09. The topological polar surface area (TPSA) is 205 Å². The van der Waals surface area contributed by atoms with Gasteiger partial charge >= 0.3 is 29.8 Å². The summed E-state index contributed by atoms with van der Waals surface area (Å²) in [5.41, 5.74) is 0.433. The Labute approximate surface area is 344 Å². The van der Waals surface area contributed by atoms with Crippen molar-refractivity contribution in [3.05, 3.63) is 108 Å². The van der Waals surface area contributed by atoms with Crippen LogP contribution in [0.15, 0.2) is 91.0 Å². The number of esters is 5. The zero-order valence-electron chi connectivity index (χ0n) is 33.2. The summed E-state index contributed by atoms with van der Waals surface area (Å²) in [7, 11) is 3.64. The van der Waals surface area contributed by atoms with Crippen LogP contribution in [0.25, 0.3) is 0 Å². The van der Waals surface area contributed by atoms with Crippen LogP contribution in [0.4, 0.5) is 0 Å². The van der Waals surface area contributed by atoms with Crippen LogP contribution in [0.1, 0.15) is 44.9 Å². The fourth-order valence-electron chi connectivity index (χ4n) is 7.28. The second-order valence-corrected chi connectivity index (χ2v) is 14.3. The van der Waals surface area contributed by atoms with Crippen molar-refractivity contribution in [2.45, 2.75) is 86.8 Å². The summed E-state index contributed by atoms with van der Waals surface area (Å²) in [5, 5.41) is 0. The first-order chi connectivity index (χ1) is 28.9. The van der Waals surface area contributed by atoms with Gasteiger partial charge in [0.1, 0.15) is 36.6 Å². The number of hydrogen-bond donors (Lipinski definition) is 0. The van der Waals surface area contributed by atoms with Gasteiger partial charge in [-0.1, -0.05) is 54.6 Å². The van der Waals surface area contributed by atoms with E-state index in [1.165, 1.54) is 64.5 Å². The molecule has 0 saturated carbocycles. The van der Waals surface area contributed by atoms with E-state index in [0.717, 1.165) is 7.11 Å². The minimum Gasteiger partial charge on any atom is -0.465 e. The molecular weight excluding hydrogens is 792 g/mol. The number of carbonyl (C=O) groups excluding carboxylic acids is 5. The summed E-state index contributed by atoms with van der Waals surface area (Å²) in [6.07, 6.45) is -13.9. The van der Waals surface area contributed by atoms with E-state index in [-0.39, 0.29) is 29.9 Å². The molecule has 0 radical (unpaired) electrons. The maximum atomic E-state index is 13.9. The maximum Gasteiger partial charge on any atom is 0.366 e. The highest BCUT2D eigenvalue weighted by molar-refractivity contribution is 5.91. The molecule has 0 amide bonds. The standard InChI is InChI=1S/C42H44O18/c1-41(39(46)49-4)51-21-26-28(59-41)30(48-3)32(55-34(43)23-15-9-6-10-16-23)37(53-26)57-31-29-27(22-52-42(2,60-29)40(47)50-5)54-38(58-36(45)25-19-13-8-14-20-25)33(31)56-35(44)24-17-11-7-12-18-24/h6-20,26-33,37-38H,21-22H2,1-5H3/t26-,27-,28-,29-,30+,31+,32-,33-,37+,38+,41+,42+/m1/s1. The predicted octanol–water partition coefficient (Wildman–Crippen LogP) is 2.75. The second-order valence-electron chi connectivity index (χ2n) is 14.3. The van der Waals surface area contributed by atoms with Crippen molar-refractivity contribution in [1.82, 2.24) is 0 Å². The van der Waals surface area contributed by atoms with Crippen molar-refractivity contribution in [1.29, 1.82) is 0 Å². The molecule has 4 heterocycles. The third-order valence-corrected chi connectivity index (χ3v) is 10.4. The van der Waals surface area contributed by atoms with Crippen LogP contribution < -0.4 is 0 Å². The third-order valence-electron chi connectivity index (χ3n) is 10.4. The van der Waals surface area contributed by atoms with Gasteiger partial charge in [0, 0.05) is 21.0 Å². The van der Waals surface area contributed by atoms with Gasteiger partial charge in [-0.2, -0.15) is 0 Å². The predicted molar refractivity (Wildman–Crippen MR) is 199 cm³/mol. The molecule has 3 aromatic rings. The highest BCUT2D eigenvalue weighted by Crippen LogP contribution is 2.41. The van der Waals surface area contributed by atoms with Crippen molar-refractivity contribution in [2.75, 3.05) is 34.5 Å². The van der Waals surface area contributed by atoms with Gasteiger partial charge in [-0.25, -0.2) is 24.0 Å². The average Bonchev–Trinajstić information content (AvgIpc) is 3.28. The number of rotatable bonds is 11. The Kier molecular flexibility index (Phi) is 12.9. The third kappa shape index (κ3) is 8.77. The molecule has 4 saturated heterocycles. The zero-order chi connectivity index (χ0) is 42.6. The molecule has 0 unspecified atom stereocenters. The van der Waals surface area contributed by atoms with E-state index < -0.39 is 103 Å². The lowest BCUT2D eigenvalue weighted by Gasteiger charge is -2.53. The van der Waals surface area contributed by atoms with Crippen molar-refractivity contribution in [3.63, 3.8) is 0 Å². The van der Waals surface area contributed by atoms with Gasteiger partial charge in [-0.3, -0.25) is 0 Å². The summed E-state index contributed by atoms with van der Waals surface area (Å²) < 4.78 is 77.4. The minimum atomic E-state index is -2.03. The van der Waals surface area contributed by atoms with Crippen molar-refractivity contribution < 1.29 is 85.6 Å². The molecule has 0 bridgehead atoms. The summed E-state index contributed by atoms with van der Waals surface area (Å²) in [6, 6.07) is 24.0. The van der Waals surface area contributed by atoms with Crippen LogP contribution in [-0.2, 0) is 71.2 Å². The Bertz CT molecular complexity index is 2000. The lowest BCUT2D eigenvalue weighted by Crippen LogP contribution is -2.71. The van der Waals surface area contributed by atoms with Gasteiger partial charge in [0.05, 0.1) is 44.1 Å². The van der Waals surface area contributed by atoms with Crippen LogP contribution in [0.2, 0.25) is 0 Å². The molecule has 0 aliphatic carbocycles. The molecular formula is C42H44O18. The van der Waals surface area contributed by atoms with Crippen molar-refractivity contribution in [2.24, 2.45) is 0 Å². The maximum absolute atomic E-state index is 13.9. The van der Waals surface area contributed by atoms with Crippen LogP contribution >= 0.6 is 0 Å². The molecule has 60 heavy (non-hydrogen) atoms. The number of fused-ring (bicyclic) bond motifs is 2. The largest absolute Gasteiger partial charge is 0.465 e. The molecule has 18 heteroatoms. The molecule has 320 valence electrons. The Morgan fingerprint density at radius 2 is 0.900 bits per heavy atom. The molecule has 4 aliphatic heterocycles. The van der Waals surface area contributed by atoms with Gasteiger partial charge < -0.3 is 61.6 Å². The summed E-state index contributed by atoms with van der Waals surface area (Å²) >= 11 is 0. The van der Waals surface area contributed by atoms with Gasteiger partial charge in [0.2, 0.25) is 6.29 Å². The van der Waals surface area contributed by atoms with Crippen molar-refractivity contribution >= 4 is 29.8 Å². The molecule has 7 rings (SSSR count). The molecule has 0 N–H and O–H groups in total. The monoisotopic (exact) mass is 836 g/mol. The Hall–Kier alpha value is -5.31. The molecule has 12 atom stereocenters. The first-order valence-electron chi connectivity index (χ1n) is 19.0. The molecule has 4 aliphatic rings. The highest BCUT2D eigenvalue weighted by atomic mass is 16.8. The number of ether oxygens (including phenoxy) is 13. The van der Waals surface area contributed by atoms with Gasteiger partial charge in [0.15, 0.2) is 18.5 Å². The summed E-state index contributed by atoms with van der Waals surface area (Å²) in [5.74, 6) is -8.20. The van der Waals surface area contributed by atoms with E-state index in [9.17, 15) is 24.0 Å². The molecule has 3 aromatic carbocycles. The molecule has 0 spiro atoms. The highest BCUT2D eigenvalue weighted by Gasteiger charge is 2.62. The average molecular weight is 837 g/mol. The lowest BCUT2D eigenvalue weighted by atomic mass is 9.94. The summed E-state index contributed by atoms with van der Waals surface area (Å²) in [4.78, 5) is 67.1. The van der Waals surface area contributed by atoms with E-state index in [2.05, 4.69) is 0 Å². The first-order valence-corrected chi connectivity index (χ1v) is 19.0. The fraction of sp³-hybridized carbons (Fsp3) is 0.452. The Morgan fingerprint density at radius 3 is 1.32 bits per heavy atom. The number of hydrogen-bond acceptors (Lipinski definition) is 18. The zero-order valence-corrected chi connectivity index (χ0v) is 33.2. The Balaban J connectivity index is 1.30. The second kappa shape index (κ2) is 18.1. The van der Waals surface area contributed by atoms with Crippen LogP contribution in [0.3, 0.4) is 0 Å². The molecule has 18 nitrogen and oxygen atoms in total. The van der Waals surface area contributed by atoms with E-state index in [1.807, 2.05) is 0 Å². The van der Waals surface area contributed by atoms with Gasteiger partial charge in [-0.05, 0) is 36.4 Å². The lowest BCUT2D eigenvalue weighted by molar-refractivity contribution is -0.413. The van der Waals surface area contributed by atoms with E-state index in [4.69, 9.17) is 61.6 Å². The van der Waals surface area contributed by atoms with Gasteiger partial charge in [-0.15, -0.1) is 0 Å². The van der Waals surface area contributed by atoms with Crippen LogP contribution in [-0.4, -0.2) is 137 Å². The minimum absolute atomic E-state index is 0.120. The quantitative estimate of drug-likeness (QED) is 0.201. The van der Waals surface area contributed by atoms with Crippen LogP contribution in [0, 0.1) is 0 Å². The van der Waals surface area contributed by atoms with E-state index >= 15 is 0 Å². The number of carbonyl (C=O) groups is 5. The van der Waals surface area contributed by atoms with E-state index in [0.29, 0.717) is 0 Å². The molecule has 4 fully saturated rings. The number of benzene rings is 3. The number of methoxy groups -OCH3 is 3. The fourth-order valence-corrected chi connectivity index (χ4v) is 7.28. The van der Waals surface area contributed by atoms with Crippen LogP contribution in [0.5, 0.6) is 0 Å². The smallest absolute Gasteiger partial charge is 0.366 e. The SMILES string of the molecule is COC(=O)[C@@]1(C)OC[C@H]2O[C@@H](O[C@@H]3[C@@H](OC(=O)c4ccccc4)[C@H](OC(=O)c4ccccc4)O[C@@H]4CO[C@](C)(C(=O)OC)O[C@@H]34)[C@H](OC(=O)c3ccccc3)[C@@H](OC)[C@@H]2O1. The first kappa shape index (κ1) is 42.8. The van der Waals surface area contributed by atoms with Crippen molar-refractivity contribution in [3.8, 4) is 0 Å². The molecule has 0 aromatic heterocycles. The Morgan fingerprint density at radius 1 is 0.517 bits per heavy atom. The van der Waals surface area contributed by atoms with Gasteiger partial charge in [0.25, 0.3) is 11.6 Å². The van der Waals surface area contributed by atoms with E-state index in [1.54, 1.807) is 54.6 Å².